The molecule has 4 heteroatoms. The largest absolute Gasteiger partial charge is 0.488 e. The number of rotatable bonds is 2. The number of hydrogen-bond donors (Lipinski definition) is 1. The van der Waals surface area contributed by atoms with Crippen LogP contribution in [0.2, 0.25) is 0 Å². The van der Waals surface area contributed by atoms with Gasteiger partial charge in [-0.2, -0.15) is 0 Å². The second-order valence-electron chi connectivity index (χ2n) is 5.84. The fourth-order valence-corrected chi connectivity index (χ4v) is 3.90. The molecule has 0 bridgehead atoms. The molecule has 3 nitrogen and oxygen atoms in total. The predicted octanol–water partition coefficient (Wildman–Crippen LogP) is 3.70. The van der Waals surface area contributed by atoms with Gasteiger partial charge in [0.2, 0.25) is 0 Å². The van der Waals surface area contributed by atoms with Crippen molar-refractivity contribution in [2.24, 2.45) is 5.41 Å². The van der Waals surface area contributed by atoms with Crippen molar-refractivity contribution in [2.75, 3.05) is 0 Å². The molecular formula is C15H20BrNO2. The highest BCUT2D eigenvalue weighted by Crippen LogP contribution is 2.52. The van der Waals surface area contributed by atoms with Crippen molar-refractivity contribution in [3.05, 3.63) is 22.9 Å². The van der Waals surface area contributed by atoms with Gasteiger partial charge in [-0.15, -0.1) is 0 Å². The third kappa shape index (κ3) is 2.52. The average Bonchev–Trinajstić information content (AvgIpc) is 2.66. The maximum Gasteiger partial charge on any atom is 0.139 e. The van der Waals surface area contributed by atoms with Gasteiger partial charge in [0.25, 0.3) is 0 Å². The molecule has 2 saturated carbocycles. The SMILES string of the molecule is OC1CC(Oc2cncc(Br)c2)C12CCCCCC2. The van der Waals surface area contributed by atoms with Gasteiger partial charge in [0.05, 0.1) is 12.3 Å². The molecule has 1 N–H and O–H groups in total. The van der Waals surface area contributed by atoms with E-state index in [9.17, 15) is 5.11 Å². The van der Waals surface area contributed by atoms with E-state index in [1.807, 2.05) is 6.07 Å². The van der Waals surface area contributed by atoms with E-state index in [1.54, 1.807) is 12.4 Å². The Morgan fingerprint density at radius 1 is 1.21 bits per heavy atom. The summed E-state index contributed by atoms with van der Waals surface area (Å²) in [5.74, 6) is 0.801. The van der Waals surface area contributed by atoms with Gasteiger partial charge in [-0.1, -0.05) is 25.7 Å². The van der Waals surface area contributed by atoms with Gasteiger partial charge < -0.3 is 9.84 Å². The zero-order valence-corrected chi connectivity index (χ0v) is 12.6. The first-order valence-electron chi connectivity index (χ1n) is 7.16. The lowest BCUT2D eigenvalue weighted by Crippen LogP contribution is -2.59. The molecule has 1 heterocycles. The molecule has 0 radical (unpaired) electrons. The first kappa shape index (κ1) is 13.4. The fraction of sp³-hybridized carbons (Fsp3) is 0.667. The van der Waals surface area contributed by atoms with E-state index in [0.717, 1.165) is 29.5 Å². The Bertz CT molecular complexity index is 444. The van der Waals surface area contributed by atoms with E-state index in [4.69, 9.17) is 4.74 Å². The number of ether oxygens (including phenoxy) is 1. The highest BCUT2D eigenvalue weighted by molar-refractivity contribution is 9.10. The van der Waals surface area contributed by atoms with Crippen LogP contribution in [0.25, 0.3) is 0 Å². The van der Waals surface area contributed by atoms with E-state index in [-0.39, 0.29) is 17.6 Å². The minimum atomic E-state index is -0.185. The van der Waals surface area contributed by atoms with Crippen molar-refractivity contribution in [1.82, 2.24) is 4.98 Å². The van der Waals surface area contributed by atoms with Crippen molar-refractivity contribution >= 4 is 15.9 Å². The number of aliphatic hydroxyl groups excluding tert-OH is 1. The van der Waals surface area contributed by atoms with Crippen molar-refractivity contribution in [3.63, 3.8) is 0 Å². The Labute approximate surface area is 122 Å². The van der Waals surface area contributed by atoms with Crippen molar-refractivity contribution < 1.29 is 9.84 Å². The minimum absolute atomic E-state index is 0.00117. The summed E-state index contributed by atoms with van der Waals surface area (Å²) in [6.45, 7) is 0. The lowest BCUT2D eigenvalue weighted by molar-refractivity contribution is -0.163. The van der Waals surface area contributed by atoms with Gasteiger partial charge in [-0.25, -0.2) is 0 Å². The molecule has 1 spiro atoms. The molecule has 0 aliphatic heterocycles. The molecule has 2 fully saturated rings. The van der Waals surface area contributed by atoms with Crippen LogP contribution in [-0.2, 0) is 0 Å². The molecule has 3 rings (SSSR count). The third-order valence-electron chi connectivity index (χ3n) is 4.73. The number of nitrogens with zero attached hydrogens (tertiary/aromatic N) is 1. The fourth-order valence-electron chi connectivity index (χ4n) is 3.55. The predicted molar refractivity (Wildman–Crippen MR) is 77.1 cm³/mol. The monoisotopic (exact) mass is 325 g/mol. The highest BCUT2D eigenvalue weighted by atomic mass is 79.9. The molecule has 2 atom stereocenters. The van der Waals surface area contributed by atoms with Gasteiger partial charge in [0, 0.05) is 22.5 Å². The molecule has 1 aromatic heterocycles. The summed E-state index contributed by atoms with van der Waals surface area (Å²) in [5.41, 5.74) is -0.00117. The number of aromatic nitrogens is 1. The number of halogens is 1. The summed E-state index contributed by atoms with van der Waals surface area (Å²) < 4.78 is 7.03. The summed E-state index contributed by atoms with van der Waals surface area (Å²) in [6.07, 6.45) is 11.4. The van der Waals surface area contributed by atoms with Crippen LogP contribution in [0.3, 0.4) is 0 Å². The van der Waals surface area contributed by atoms with Crippen LogP contribution in [0.15, 0.2) is 22.9 Å². The average molecular weight is 326 g/mol. The molecule has 0 aromatic carbocycles. The van der Waals surface area contributed by atoms with Crippen LogP contribution >= 0.6 is 15.9 Å². The van der Waals surface area contributed by atoms with Gasteiger partial charge in [0.1, 0.15) is 11.9 Å². The summed E-state index contributed by atoms with van der Waals surface area (Å²) in [5, 5.41) is 10.2. The topological polar surface area (TPSA) is 42.4 Å². The van der Waals surface area contributed by atoms with Crippen LogP contribution in [0.1, 0.15) is 44.9 Å². The molecule has 2 unspecified atom stereocenters. The molecule has 2 aliphatic carbocycles. The molecular weight excluding hydrogens is 306 g/mol. The maximum atomic E-state index is 10.2. The van der Waals surface area contributed by atoms with Crippen LogP contribution in [0, 0.1) is 5.41 Å². The number of aliphatic hydroxyl groups is 1. The maximum absolute atomic E-state index is 10.2. The van der Waals surface area contributed by atoms with Crippen LogP contribution in [0.4, 0.5) is 0 Å². The van der Waals surface area contributed by atoms with Crippen molar-refractivity contribution in [1.29, 1.82) is 0 Å². The second kappa shape index (κ2) is 5.41. The van der Waals surface area contributed by atoms with E-state index >= 15 is 0 Å². The summed E-state index contributed by atoms with van der Waals surface area (Å²) in [4.78, 5) is 4.13. The van der Waals surface area contributed by atoms with E-state index in [1.165, 1.54) is 25.7 Å². The van der Waals surface area contributed by atoms with Crippen molar-refractivity contribution in [3.8, 4) is 5.75 Å². The van der Waals surface area contributed by atoms with Gasteiger partial charge >= 0.3 is 0 Å². The minimum Gasteiger partial charge on any atom is -0.488 e. The highest BCUT2D eigenvalue weighted by Gasteiger charge is 2.55. The van der Waals surface area contributed by atoms with Gasteiger partial charge in [0.15, 0.2) is 0 Å². The number of hydrogen-bond acceptors (Lipinski definition) is 3. The normalized spacial score (nSPS) is 29.6. The van der Waals surface area contributed by atoms with Crippen LogP contribution in [0.5, 0.6) is 5.75 Å². The Hall–Kier alpha value is -0.610. The number of pyridine rings is 1. The summed E-state index contributed by atoms with van der Waals surface area (Å²) >= 11 is 3.41. The smallest absolute Gasteiger partial charge is 0.139 e. The first-order valence-corrected chi connectivity index (χ1v) is 7.95. The molecule has 104 valence electrons. The molecule has 0 amide bonds. The van der Waals surface area contributed by atoms with Crippen molar-refractivity contribution in [2.45, 2.75) is 57.2 Å². The lowest BCUT2D eigenvalue weighted by atomic mass is 9.59. The molecule has 1 aromatic rings. The van der Waals surface area contributed by atoms with Crippen LogP contribution < -0.4 is 4.74 Å². The summed E-state index contributed by atoms with van der Waals surface area (Å²) in [6, 6.07) is 1.95. The van der Waals surface area contributed by atoms with E-state index in [2.05, 4.69) is 20.9 Å². The van der Waals surface area contributed by atoms with Gasteiger partial charge in [-0.05, 0) is 34.8 Å². The Morgan fingerprint density at radius 3 is 2.58 bits per heavy atom. The summed E-state index contributed by atoms with van der Waals surface area (Å²) in [7, 11) is 0. The second-order valence-corrected chi connectivity index (χ2v) is 6.76. The Kier molecular flexibility index (Phi) is 3.81. The van der Waals surface area contributed by atoms with Gasteiger partial charge in [-0.3, -0.25) is 4.98 Å². The van der Waals surface area contributed by atoms with E-state index < -0.39 is 0 Å². The Morgan fingerprint density at radius 2 is 1.95 bits per heavy atom. The zero-order valence-electron chi connectivity index (χ0n) is 11.0. The van der Waals surface area contributed by atoms with E-state index in [0.29, 0.717) is 0 Å². The molecule has 0 saturated heterocycles. The van der Waals surface area contributed by atoms with Crippen LogP contribution in [-0.4, -0.2) is 22.3 Å². The quantitative estimate of drug-likeness (QED) is 0.901. The molecule has 19 heavy (non-hydrogen) atoms. The zero-order chi connectivity index (χ0) is 13.3. The molecule has 2 aliphatic rings. The first-order chi connectivity index (χ1) is 9.21. The third-order valence-corrected chi connectivity index (χ3v) is 5.17. The lowest BCUT2D eigenvalue weighted by Gasteiger charge is -2.53. The standard InChI is InChI=1S/C15H20BrNO2/c16-11-7-12(10-17-9-11)19-14-8-13(18)15(14)5-3-1-2-4-6-15/h7,9-10,13-14,18H,1-6,8H2. The Balaban J connectivity index is 1.74.